The van der Waals surface area contributed by atoms with E-state index in [4.69, 9.17) is 0 Å². The first-order chi connectivity index (χ1) is 14.0. The summed E-state index contributed by atoms with van der Waals surface area (Å²) in [6.45, 7) is 6.39. The number of nitrogens with zero attached hydrogens (tertiary/aromatic N) is 6. The molecule has 29 heavy (non-hydrogen) atoms. The lowest BCUT2D eigenvalue weighted by molar-refractivity contribution is 0.251. The number of hydrogen-bond acceptors (Lipinski definition) is 6. The molecule has 0 spiro atoms. The minimum Gasteiger partial charge on any atom is -0.354 e. The third kappa shape index (κ3) is 4.29. The van der Waals surface area contributed by atoms with E-state index < -0.39 is 0 Å². The van der Waals surface area contributed by atoms with Gasteiger partial charge in [0.2, 0.25) is 0 Å². The van der Waals surface area contributed by atoms with Crippen LogP contribution in [0, 0.1) is 6.92 Å². The molecule has 0 aromatic carbocycles. The largest absolute Gasteiger partial charge is 0.354 e. The SMILES string of the molecule is Cc1nn(C)c2ncc(NC(=O)NCc3ccc(N4CCN(C)CC4)nc3)cc12. The number of piperazine rings is 1. The summed E-state index contributed by atoms with van der Waals surface area (Å²) in [6.07, 6.45) is 3.45. The van der Waals surface area contributed by atoms with E-state index >= 15 is 0 Å². The maximum Gasteiger partial charge on any atom is 0.319 e. The molecule has 2 amide bonds. The molecule has 3 aromatic rings. The van der Waals surface area contributed by atoms with Gasteiger partial charge in [0.1, 0.15) is 5.82 Å². The van der Waals surface area contributed by atoms with Gasteiger partial charge in [-0.3, -0.25) is 4.68 Å². The lowest BCUT2D eigenvalue weighted by atomic mass is 10.2. The Morgan fingerprint density at radius 2 is 1.90 bits per heavy atom. The first-order valence-corrected chi connectivity index (χ1v) is 9.72. The Labute approximate surface area is 169 Å². The number of likely N-dealkylation sites (N-methyl/N-ethyl adjacent to an activating group) is 1. The zero-order valence-electron chi connectivity index (χ0n) is 17.0. The molecule has 4 rings (SSSR count). The summed E-state index contributed by atoms with van der Waals surface area (Å²) in [5, 5.41) is 11.0. The highest BCUT2D eigenvalue weighted by atomic mass is 16.2. The molecule has 3 aromatic heterocycles. The lowest BCUT2D eigenvalue weighted by Crippen LogP contribution is -2.44. The summed E-state index contributed by atoms with van der Waals surface area (Å²) in [4.78, 5) is 25.8. The van der Waals surface area contributed by atoms with Gasteiger partial charge in [0.15, 0.2) is 5.65 Å². The van der Waals surface area contributed by atoms with Crippen LogP contribution in [0.15, 0.2) is 30.6 Å². The van der Waals surface area contributed by atoms with Crippen LogP contribution in [0.2, 0.25) is 0 Å². The van der Waals surface area contributed by atoms with Gasteiger partial charge in [0, 0.05) is 51.4 Å². The number of fused-ring (bicyclic) bond motifs is 1. The van der Waals surface area contributed by atoms with Gasteiger partial charge >= 0.3 is 6.03 Å². The number of hydrogen-bond donors (Lipinski definition) is 2. The molecule has 9 heteroatoms. The van der Waals surface area contributed by atoms with Crippen molar-refractivity contribution in [2.75, 3.05) is 43.4 Å². The highest BCUT2D eigenvalue weighted by Gasteiger charge is 2.15. The van der Waals surface area contributed by atoms with Gasteiger partial charge in [0.25, 0.3) is 0 Å². The minimum atomic E-state index is -0.282. The fourth-order valence-corrected chi connectivity index (χ4v) is 3.48. The van der Waals surface area contributed by atoms with Crippen LogP contribution < -0.4 is 15.5 Å². The standard InChI is InChI=1S/C20H26N8O/c1-14-17-10-16(13-22-19(17)27(3)25-14)24-20(29)23-12-15-4-5-18(21-11-15)28-8-6-26(2)7-9-28/h4-5,10-11,13H,6-9,12H2,1-3H3,(H2,23,24,29). The van der Waals surface area contributed by atoms with Crippen LogP contribution in [-0.2, 0) is 13.6 Å². The van der Waals surface area contributed by atoms with Crippen LogP contribution in [0.4, 0.5) is 16.3 Å². The van der Waals surface area contributed by atoms with Crippen molar-refractivity contribution in [3.63, 3.8) is 0 Å². The van der Waals surface area contributed by atoms with Crippen LogP contribution in [-0.4, -0.2) is 63.9 Å². The summed E-state index contributed by atoms with van der Waals surface area (Å²) in [6, 6.07) is 5.63. The quantitative estimate of drug-likeness (QED) is 0.701. The zero-order valence-corrected chi connectivity index (χ0v) is 17.0. The van der Waals surface area contributed by atoms with Crippen LogP contribution in [0.3, 0.4) is 0 Å². The maximum absolute atomic E-state index is 12.3. The zero-order chi connectivity index (χ0) is 20.4. The topological polar surface area (TPSA) is 91.2 Å². The van der Waals surface area contributed by atoms with E-state index in [0.717, 1.165) is 54.3 Å². The van der Waals surface area contributed by atoms with Crippen molar-refractivity contribution in [2.24, 2.45) is 7.05 Å². The summed E-state index contributed by atoms with van der Waals surface area (Å²) in [5.41, 5.74) is 3.26. The van der Waals surface area contributed by atoms with E-state index in [2.05, 4.69) is 42.5 Å². The molecule has 4 heterocycles. The average Bonchev–Trinajstić information content (AvgIpc) is 3.01. The van der Waals surface area contributed by atoms with Crippen LogP contribution in [0.25, 0.3) is 11.0 Å². The Kier molecular flexibility index (Phi) is 5.30. The molecule has 1 aliphatic rings. The van der Waals surface area contributed by atoms with Crippen molar-refractivity contribution < 1.29 is 4.79 Å². The molecule has 0 atom stereocenters. The molecule has 0 radical (unpaired) electrons. The molecule has 0 bridgehead atoms. The number of pyridine rings is 2. The Morgan fingerprint density at radius 1 is 1.10 bits per heavy atom. The molecule has 0 saturated carbocycles. The van der Waals surface area contributed by atoms with E-state index in [1.54, 1.807) is 10.9 Å². The van der Waals surface area contributed by atoms with E-state index in [9.17, 15) is 4.79 Å². The highest BCUT2D eigenvalue weighted by molar-refractivity contribution is 5.92. The molecule has 1 aliphatic heterocycles. The second-order valence-corrected chi connectivity index (χ2v) is 7.43. The number of nitrogens with one attached hydrogen (secondary N) is 2. The normalized spacial score (nSPS) is 14.9. The Balaban J connectivity index is 1.32. The van der Waals surface area contributed by atoms with Crippen molar-refractivity contribution in [1.82, 2.24) is 30.0 Å². The number of aromatic nitrogens is 4. The van der Waals surface area contributed by atoms with Gasteiger partial charge < -0.3 is 20.4 Å². The minimum absolute atomic E-state index is 0.282. The summed E-state index contributed by atoms with van der Waals surface area (Å²) in [5.74, 6) is 0.984. The fraction of sp³-hybridized carbons (Fsp3) is 0.400. The van der Waals surface area contributed by atoms with Gasteiger partial charge in [-0.25, -0.2) is 14.8 Å². The molecular formula is C20H26N8O. The van der Waals surface area contributed by atoms with Crippen LogP contribution in [0.1, 0.15) is 11.3 Å². The van der Waals surface area contributed by atoms with E-state index in [1.165, 1.54) is 0 Å². The first kappa shape index (κ1) is 19.1. The number of rotatable bonds is 4. The molecule has 0 unspecified atom stereocenters. The second kappa shape index (κ2) is 8.04. The molecule has 0 aliphatic carbocycles. The van der Waals surface area contributed by atoms with Gasteiger partial charge in [-0.15, -0.1) is 0 Å². The maximum atomic E-state index is 12.3. The fourth-order valence-electron chi connectivity index (χ4n) is 3.48. The molecular weight excluding hydrogens is 368 g/mol. The molecule has 1 fully saturated rings. The predicted octanol–water partition coefficient (Wildman–Crippen LogP) is 1.75. The van der Waals surface area contributed by atoms with Crippen LogP contribution in [0.5, 0.6) is 0 Å². The average molecular weight is 394 g/mol. The number of aryl methyl sites for hydroxylation is 2. The summed E-state index contributed by atoms with van der Waals surface area (Å²) in [7, 11) is 3.99. The van der Waals surface area contributed by atoms with Gasteiger partial charge in [-0.05, 0) is 31.7 Å². The number of anilines is 2. The number of amides is 2. The molecule has 9 nitrogen and oxygen atoms in total. The first-order valence-electron chi connectivity index (χ1n) is 9.72. The van der Waals surface area contributed by atoms with Crippen molar-refractivity contribution in [3.8, 4) is 0 Å². The van der Waals surface area contributed by atoms with E-state index in [-0.39, 0.29) is 6.03 Å². The highest BCUT2D eigenvalue weighted by Crippen LogP contribution is 2.19. The van der Waals surface area contributed by atoms with Crippen molar-refractivity contribution in [1.29, 1.82) is 0 Å². The van der Waals surface area contributed by atoms with Crippen LogP contribution >= 0.6 is 0 Å². The summed E-state index contributed by atoms with van der Waals surface area (Å²) >= 11 is 0. The Hall–Kier alpha value is -3.20. The third-order valence-electron chi connectivity index (χ3n) is 5.21. The Morgan fingerprint density at radius 3 is 2.62 bits per heavy atom. The second-order valence-electron chi connectivity index (χ2n) is 7.43. The van der Waals surface area contributed by atoms with Gasteiger partial charge in [-0.1, -0.05) is 6.07 Å². The third-order valence-corrected chi connectivity index (χ3v) is 5.21. The van der Waals surface area contributed by atoms with Gasteiger partial charge in [-0.2, -0.15) is 5.10 Å². The molecule has 1 saturated heterocycles. The smallest absolute Gasteiger partial charge is 0.319 e. The summed E-state index contributed by atoms with van der Waals surface area (Å²) < 4.78 is 1.73. The monoisotopic (exact) mass is 394 g/mol. The number of carbonyl (C=O) groups is 1. The number of urea groups is 1. The van der Waals surface area contributed by atoms with Crippen molar-refractivity contribution >= 4 is 28.6 Å². The Bertz CT molecular complexity index is 1010. The van der Waals surface area contributed by atoms with E-state index in [0.29, 0.717) is 12.2 Å². The van der Waals surface area contributed by atoms with Crippen molar-refractivity contribution in [2.45, 2.75) is 13.5 Å². The number of carbonyl (C=O) groups excluding carboxylic acids is 1. The molecule has 2 N–H and O–H groups in total. The van der Waals surface area contributed by atoms with Crippen molar-refractivity contribution in [3.05, 3.63) is 41.9 Å². The predicted molar refractivity (Wildman–Crippen MR) is 113 cm³/mol. The lowest BCUT2D eigenvalue weighted by Gasteiger charge is -2.33. The van der Waals surface area contributed by atoms with Gasteiger partial charge in [0.05, 0.1) is 17.6 Å². The van der Waals surface area contributed by atoms with E-state index in [1.807, 2.05) is 38.4 Å². The molecule has 152 valence electrons.